The summed E-state index contributed by atoms with van der Waals surface area (Å²) < 4.78 is 51.9. The zero-order chi connectivity index (χ0) is 23.2. The highest BCUT2D eigenvalue weighted by molar-refractivity contribution is 7.66. The zero-order valence-electron chi connectivity index (χ0n) is 14.8. The number of imidazole rings is 1. The van der Waals surface area contributed by atoms with Crippen LogP contribution in [0, 0.1) is 0 Å². The van der Waals surface area contributed by atoms with E-state index in [0.29, 0.717) is 0 Å². The first-order chi connectivity index (χ1) is 14.2. The first-order valence-corrected chi connectivity index (χ1v) is 12.4. The minimum absolute atomic E-state index is 0.0456. The van der Waals surface area contributed by atoms with Crippen molar-refractivity contribution >= 4 is 34.6 Å². The summed E-state index contributed by atoms with van der Waals surface area (Å²) in [7, 11) is -16.6. The minimum atomic E-state index is -5.68. The molecule has 1 saturated heterocycles. The van der Waals surface area contributed by atoms with Gasteiger partial charge >= 0.3 is 29.5 Å². The molecule has 0 radical (unpaired) electrons. The number of hydrogen-bond donors (Lipinski definition) is 7. The van der Waals surface area contributed by atoms with E-state index in [2.05, 4.69) is 28.1 Å². The number of ether oxygens (including phenoxy) is 1. The summed E-state index contributed by atoms with van der Waals surface area (Å²) in [5.41, 5.74) is -0.122. The third-order valence-electron chi connectivity index (χ3n) is 3.72. The molecule has 0 bridgehead atoms. The van der Waals surface area contributed by atoms with Gasteiger partial charge in [-0.3, -0.25) is 9.09 Å². The van der Waals surface area contributed by atoms with Crippen LogP contribution in [0.15, 0.2) is 6.33 Å². The lowest BCUT2D eigenvalue weighted by molar-refractivity contribution is -0.0423. The second-order valence-electron chi connectivity index (χ2n) is 5.99. The van der Waals surface area contributed by atoms with E-state index in [1.54, 1.807) is 0 Å². The van der Waals surface area contributed by atoms with Gasteiger partial charge in [0.15, 0.2) is 11.2 Å². The number of phosphoric ester groups is 1. The molecule has 21 heteroatoms. The smallest absolute Gasteiger partial charge is 0.490 e. The fourth-order valence-corrected chi connectivity index (χ4v) is 5.64. The molecule has 0 aliphatic carbocycles. The van der Waals surface area contributed by atoms with Crippen LogP contribution in [0.2, 0.25) is 0 Å². The van der Waals surface area contributed by atoms with Gasteiger partial charge < -0.3 is 39.6 Å². The van der Waals surface area contributed by atoms with Crippen LogP contribution in [0.3, 0.4) is 0 Å². The molecule has 31 heavy (non-hydrogen) atoms. The second-order valence-corrected chi connectivity index (χ2v) is 10.4. The molecule has 2 unspecified atom stereocenters. The van der Waals surface area contributed by atoms with Crippen molar-refractivity contribution in [1.29, 1.82) is 0 Å². The highest BCUT2D eigenvalue weighted by Gasteiger charge is 2.43. The van der Waals surface area contributed by atoms with Crippen LogP contribution in [0.4, 0.5) is 0 Å². The lowest BCUT2D eigenvalue weighted by atomic mass is 10.2. The molecule has 3 heterocycles. The van der Waals surface area contributed by atoms with Crippen molar-refractivity contribution in [1.82, 2.24) is 19.5 Å². The fourth-order valence-electron chi connectivity index (χ4n) is 2.61. The molecular formula is C10H15N4O14P3. The van der Waals surface area contributed by atoms with Crippen molar-refractivity contribution in [3.63, 3.8) is 0 Å². The van der Waals surface area contributed by atoms with Gasteiger partial charge in [-0.15, -0.1) is 0 Å². The van der Waals surface area contributed by atoms with Gasteiger partial charge in [-0.2, -0.15) is 18.6 Å². The van der Waals surface area contributed by atoms with E-state index in [1.165, 1.54) is 10.9 Å². The van der Waals surface area contributed by atoms with E-state index in [0.717, 1.165) is 0 Å². The van der Waals surface area contributed by atoms with E-state index in [-0.39, 0.29) is 17.6 Å². The summed E-state index contributed by atoms with van der Waals surface area (Å²) in [5, 5.41) is 29.2. The van der Waals surface area contributed by atoms with Crippen molar-refractivity contribution in [2.75, 3.05) is 6.61 Å². The molecule has 7 N–H and O–H groups in total. The first-order valence-electron chi connectivity index (χ1n) is 7.90. The van der Waals surface area contributed by atoms with E-state index < -0.39 is 60.4 Å². The molecule has 174 valence electrons. The van der Waals surface area contributed by atoms with Crippen LogP contribution in [0.1, 0.15) is 12.6 Å². The molecular weight excluding hydrogens is 493 g/mol. The van der Waals surface area contributed by atoms with E-state index in [4.69, 9.17) is 19.4 Å². The Bertz CT molecular complexity index is 1120. The highest BCUT2D eigenvalue weighted by Crippen LogP contribution is 2.66. The lowest BCUT2D eigenvalue weighted by Crippen LogP contribution is -2.26. The van der Waals surface area contributed by atoms with Crippen LogP contribution in [-0.4, -0.2) is 73.2 Å². The molecule has 3 rings (SSSR count). The Morgan fingerprint density at radius 1 is 1.10 bits per heavy atom. The average Bonchev–Trinajstić information content (AvgIpc) is 3.13. The van der Waals surface area contributed by atoms with Gasteiger partial charge in [0.2, 0.25) is 5.88 Å². The summed E-state index contributed by atoms with van der Waals surface area (Å²) in [5.74, 6) is -0.607. The maximum Gasteiger partial charge on any atom is 0.490 e. The van der Waals surface area contributed by atoms with E-state index in [9.17, 15) is 33.9 Å². The number of hydrogen-bond acceptors (Lipinski definition) is 13. The number of nitrogens with zero attached hydrogens (tertiary/aromatic N) is 4. The minimum Gasteiger partial charge on any atom is -0.492 e. The SMILES string of the molecule is O=P(O)(O)OP(=O)(O)OP(=O)(O)OC[C@H]1O[C@@H](n2cnc3c(O)nc(O)nc32)C[C@@H]1O. The van der Waals surface area contributed by atoms with Crippen molar-refractivity contribution < 1.29 is 66.5 Å². The molecule has 0 aromatic carbocycles. The van der Waals surface area contributed by atoms with Gasteiger partial charge in [0, 0.05) is 6.42 Å². The Kier molecular flexibility index (Phi) is 6.57. The maximum atomic E-state index is 11.8. The van der Waals surface area contributed by atoms with Crippen LogP contribution in [0.25, 0.3) is 11.2 Å². The number of fused-ring (bicyclic) bond motifs is 1. The normalized spacial score (nSPS) is 26.0. The maximum absolute atomic E-state index is 11.8. The van der Waals surface area contributed by atoms with Crippen molar-refractivity contribution in [2.24, 2.45) is 0 Å². The summed E-state index contributed by atoms with van der Waals surface area (Å²) in [4.78, 5) is 46.4. The number of aliphatic hydroxyl groups is 1. The number of aliphatic hydroxyl groups excluding tert-OH is 1. The van der Waals surface area contributed by atoms with Crippen molar-refractivity contribution in [2.45, 2.75) is 24.9 Å². The summed E-state index contributed by atoms with van der Waals surface area (Å²) >= 11 is 0. The summed E-state index contributed by atoms with van der Waals surface area (Å²) in [6.45, 7) is -0.862. The number of phosphoric acid groups is 3. The van der Waals surface area contributed by atoms with Gasteiger partial charge in [0.05, 0.1) is 19.0 Å². The first kappa shape index (κ1) is 24.1. The highest BCUT2D eigenvalue weighted by atomic mass is 31.3. The van der Waals surface area contributed by atoms with E-state index in [1.807, 2.05) is 0 Å². The van der Waals surface area contributed by atoms with Crippen LogP contribution >= 0.6 is 23.5 Å². The van der Waals surface area contributed by atoms with Crippen LogP contribution < -0.4 is 0 Å². The van der Waals surface area contributed by atoms with Gasteiger partial charge in [0.1, 0.15) is 12.3 Å². The Hall–Kier alpha value is -1.52. The molecule has 1 aliphatic heterocycles. The topological polar surface area (TPSA) is 273 Å². The summed E-state index contributed by atoms with van der Waals surface area (Å²) in [6.07, 6.45) is -2.51. The van der Waals surface area contributed by atoms with Gasteiger partial charge in [-0.1, -0.05) is 0 Å². The fraction of sp³-hybridized carbons (Fsp3) is 0.500. The average molecular weight is 508 g/mol. The molecule has 5 atom stereocenters. The van der Waals surface area contributed by atoms with Crippen LogP contribution in [0.5, 0.6) is 11.9 Å². The molecule has 18 nitrogen and oxygen atoms in total. The Morgan fingerprint density at radius 3 is 2.42 bits per heavy atom. The van der Waals surface area contributed by atoms with Gasteiger partial charge in [-0.05, 0) is 0 Å². The van der Waals surface area contributed by atoms with Gasteiger partial charge in [0.25, 0.3) is 0 Å². The Morgan fingerprint density at radius 2 is 1.77 bits per heavy atom. The third-order valence-corrected chi connectivity index (χ3v) is 7.53. The molecule has 2 aromatic heterocycles. The Balaban J connectivity index is 1.66. The second kappa shape index (κ2) is 8.44. The van der Waals surface area contributed by atoms with Gasteiger partial charge in [-0.25, -0.2) is 18.7 Å². The molecule has 2 aromatic rings. The quantitative estimate of drug-likeness (QED) is 0.216. The molecule has 0 amide bonds. The van der Waals surface area contributed by atoms with E-state index >= 15 is 0 Å². The number of aromatic nitrogens is 4. The predicted molar refractivity (Wildman–Crippen MR) is 93.0 cm³/mol. The number of aromatic hydroxyl groups is 2. The molecule has 1 aliphatic rings. The Labute approximate surface area is 171 Å². The van der Waals surface area contributed by atoms with Crippen molar-refractivity contribution in [3.05, 3.63) is 6.33 Å². The van der Waals surface area contributed by atoms with Crippen LogP contribution in [-0.2, 0) is 31.6 Å². The zero-order valence-corrected chi connectivity index (χ0v) is 17.5. The molecule has 0 saturated carbocycles. The third kappa shape index (κ3) is 6.04. The van der Waals surface area contributed by atoms with Crippen molar-refractivity contribution in [3.8, 4) is 11.9 Å². The number of rotatable bonds is 8. The molecule has 0 spiro atoms. The predicted octanol–water partition coefficient (Wildman–Crippen LogP) is -0.771. The standard InChI is InChI=1S/C10H15N4O14P3/c15-4-1-6(14-3-11-7-8(14)12-10(17)13-9(7)16)26-5(4)2-25-30(21,22)28-31(23,24)27-29(18,19)20/h3-6,15H,1-2H2,(H,21,22)(H,23,24)(H2,18,19,20)(H2,12,13,16,17)/t4-,5+,6+/m0/s1. The molecule has 1 fully saturated rings. The largest absolute Gasteiger partial charge is 0.492 e. The monoisotopic (exact) mass is 508 g/mol. The summed E-state index contributed by atoms with van der Waals surface area (Å²) in [6, 6.07) is -0.755. The lowest BCUT2D eigenvalue weighted by Gasteiger charge is -2.19.